The molecule has 4 nitrogen and oxygen atoms in total. The summed E-state index contributed by atoms with van der Waals surface area (Å²) in [5, 5.41) is 14.3. The minimum Gasteiger partial charge on any atom is -0.385 e. The Morgan fingerprint density at radius 3 is 2.89 bits per heavy atom. The molecule has 0 aliphatic rings. The molecule has 0 saturated carbocycles. The van der Waals surface area contributed by atoms with E-state index in [1.165, 1.54) is 0 Å². The van der Waals surface area contributed by atoms with Gasteiger partial charge in [0.1, 0.15) is 6.10 Å². The quantitative estimate of drug-likeness (QED) is 0.927. The van der Waals surface area contributed by atoms with Crippen molar-refractivity contribution in [3.8, 4) is 11.5 Å². The van der Waals surface area contributed by atoms with E-state index < -0.39 is 6.10 Å². The topological polar surface area (TPSA) is 59.2 Å². The van der Waals surface area contributed by atoms with Crippen LogP contribution in [0.1, 0.15) is 31.7 Å². The third kappa shape index (κ3) is 2.66. The molecule has 2 aromatic rings. The molecule has 0 radical (unpaired) electrons. The number of aliphatic hydroxyl groups excluding tert-OH is 1. The first-order valence-corrected chi connectivity index (χ1v) is 6.35. The fourth-order valence-corrected chi connectivity index (χ4v) is 1.93. The maximum Gasteiger partial charge on any atom is 0.259 e. The first-order chi connectivity index (χ1) is 8.63. The van der Waals surface area contributed by atoms with Gasteiger partial charge in [-0.1, -0.05) is 47.8 Å². The average Bonchev–Trinajstić information content (AvgIpc) is 2.82. The number of aromatic nitrogens is 2. The maximum absolute atomic E-state index is 9.76. The van der Waals surface area contributed by atoms with Crippen molar-refractivity contribution in [3.05, 3.63) is 34.1 Å². The highest BCUT2D eigenvalue weighted by molar-refractivity contribution is 6.43. The van der Waals surface area contributed by atoms with Crippen molar-refractivity contribution in [2.45, 2.75) is 25.9 Å². The molecule has 0 aliphatic heterocycles. The first-order valence-electron chi connectivity index (χ1n) is 5.59. The number of halogens is 2. The lowest BCUT2D eigenvalue weighted by molar-refractivity contribution is 0.153. The van der Waals surface area contributed by atoms with E-state index in [-0.39, 0.29) is 11.7 Å². The molecule has 0 fully saturated rings. The van der Waals surface area contributed by atoms with Gasteiger partial charge in [-0.3, -0.25) is 0 Å². The number of hydrogen-bond donors (Lipinski definition) is 1. The molecule has 2 rings (SSSR count). The monoisotopic (exact) mass is 286 g/mol. The normalized spacial score (nSPS) is 12.7. The Morgan fingerprint density at radius 2 is 2.17 bits per heavy atom. The summed E-state index contributed by atoms with van der Waals surface area (Å²) < 4.78 is 5.09. The standard InChI is InChI=1S/C12H12Cl2N2O2/c1-2-4-9(17)11-15-12(18-16-11)7-5-3-6-8(13)10(7)14/h3,5-6,9,17H,2,4H2,1H3. The molecule has 18 heavy (non-hydrogen) atoms. The molecule has 1 heterocycles. The highest BCUT2D eigenvalue weighted by atomic mass is 35.5. The molecule has 0 spiro atoms. The molecule has 1 N–H and O–H groups in total. The SMILES string of the molecule is CCCC(O)c1noc(-c2cccc(Cl)c2Cl)n1. The van der Waals surface area contributed by atoms with Crippen molar-refractivity contribution in [2.24, 2.45) is 0 Å². The van der Waals surface area contributed by atoms with Gasteiger partial charge in [-0.25, -0.2) is 0 Å². The van der Waals surface area contributed by atoms with Crippen LogP contribution in [0.2, 0.25) is 10.0 Å². The van der Waals surface area contributed by atoms with E-state index in [1.54, 1.807) is 18.2 Å². The van der Waals surface area contributed by atoms with Gasteiger partial charge in [0, 0.05) is 0 Å². The summed E-state index contributed by atoms with van der Waals surface area (Å²) in [6.45, 7) is 1.97. The van der Waals surface area contributed by atoms with E-state index >= 15 is 0 Å². The zero-order valence-corrected chi connectivity index (χ0v) is 11.2. The number of benzene rings is 1. The number of nitrogens with zero attached hydrogens (tertiary/aromatic N) is 2. The van der Waals surface area contributed by atoms with Crippen LogP contribution >= 0.6 is 23.2 Å². The van der Waals surface area contributed by atoms with Crippen LogP contribution in [0, 0.1) is 0 Å². The Labute approximate surface area is 115 Å². The van der Waals surface area contributed by atoms with Gasteiger partial charge in [0.2, 0.25) is 5.82 Å². The van der Waals surface area contributed by atoms with Crippen molar-refractivity contribution in [1.82, 2.24) is 10.1 Å². The second-order valence-electron chi connectivity index (χ2n) is 3.86. The van der Waals surface area contributed by atoms with E-state index in [1.807, 2.05) is 6.92 Å². The molecule has 6 heteroatoms. The second-order valence-corrected chi connectivity index (χ2v) is 4.65. The van der Waals surface area contributed by atoms with Crippen LogP contribution < -0.4 is 0 Å². The Balaban J connectivity index is 2.32. The lowest BCUT2D eigenvalue weighted by atomic mass is 10.2. The minimum atomic E-state index is -0.717. The van der Waals surface area contributed by atoms with Gasteiger partial charge < -0.3 is 9.63 Å². The Bertz CT molecular complexity index is 543. The summed E-state index contributed by atoms with van der Waals surface area (Å²) in [6, 6.07) is 5.16. The molecule has 96 valence electrons. The fourth-order valence-electron chi connectivity index (χ4n) is 1.55. The third-order valence-corrected chi connectivity index (χ3v) is 3.30. The van der Waals surface area contributed by atoms with Gasteiger partial charge in [0.05, 0.1) is 15.6 Å². The zero-order chi connectivity index (χ0) is 13.1. The van der Waals surface area contributed by atoms with Crippen molar-refractivity contribution in [2.75, 3.05) is 0 Å². The molecular formula is C12H12Cl2N2O2. The Hall–Kier alpha value is -1.10. The number of rotatable bonds is 4. The summed E-state index contributed by atoms with van der Waals surface area (Å²) >= 11 is 12.0. The van der Waals surface area contributed by atoms with Gasteiger partial charge in [-0.05, 0) is 18.6 Å². The van der Waals surface area contributed by atoms with Crippen LogP contribution in [-0.4, -0.2) is 15.2 Å². The van der Waals surface area contributed by atoms with Crippen LogP contribution in [0.25, 0.3) is 11.5 Å². The Morgan fingerprint density at radius 1 is 1.39 bits per heavy atom. The number of hydrogen-bond acceptors (Lipinski definition) is 4. The molecular weight excluding hydrogens is 275 g/mol. The first kappa shape index (κ1) is 13.3. The van der Waals surface area contributed by atoms with Gasteiger partial charge in [0.25, 0.3) is 5.89 Å². The molecule has 0 amide bonds. The largest absolute Gasteiger partial charge is 0.385 e. The predicted molar refractivity (Wildman–Crippen MR) is 69.6 cm³/mol. The predicted octanol–water partition coefficient (Wildman–Crippen LogP) is 3.88. The zero-order valence-electron chi connectivity index (χ0n) is 9.73. The molecule has 0 aliphatic carbocycles. The summed E-state index contributed by atoms with van der Waals surface area (Å²) in [4.78, 5) is 4.13. The van der Waals surface area contributed by atoms with E-state index in [0.717, 1.165) is 6.42 Å². The second kappa shape index (κ2) is 5.69. The smallest absolute Gasteiger partial charge is 0.259 e. The summed E-state index contributed by atoms with van der Waals surface area (Å²) in [5.41, 5.74) is 0.562. The highest BCUT2D eigenvalue weighted by Gasteiger charge is 2.18. The van der Waals surface area contributed by atoms with E-state index in [4.69, 9.17) is 27.7 Å². The van der Waals surface area contributed by atoms with Crippen LogP contribution in [0.5, 0.6) is 0 Å². The fraction of sp³-hybridized carbons (Fsp3) is 0.333. The minimum absolute atomic E-state index is 0.257. The van der Waals surface area contributed by atoms with Crippen molar-refractivity contribution < 1.29 is 9.63 Å². The van der Waals surface area contributed by atoms with Crippen molar-refractivity contribution >= 4 is 23.2 Å². The summed E-state index contributed by atoms with van der Waals surface area (Å²) in [5.74, 6) is 0.524. The van der Waals surface area contributed by atoms with E-state index in [9.17, 15) is 5.11 Å². The molecule has 1 aromatic carbocycles. The maximum atomic E-state index is 9.76. The lowest BCUT2D eigenvalue weighted by Crippen LogP contribution is -1.98. The van der Waals surface area contributed by atoms with Crippen LogP contribution in [0.4, 0.5) is 0 Å². The number of aliphatic hydroxyl groups is 1. The van der Waals surface area contributed by atoms with Crippen LogP contribution in [0.3, 0.4) is 0 Å². The molecule has 0 bridgehead atoms. The van der Waals surface area contributed by atoms with Gasteiger partial charge in [-0.15, -0.1) is 0 Å². The third-order valence-electron chi connectivity index (χ3n) is 2.48. The lowest BCUT2D eigenvalue weighted by Gasteiger charge is -2.02. The van der Waals surface area contributed by atoms with Crippen LogP contribution in [-0.2, 0) is 0 Å². The molecule has 1 aromatic heterocycles. The summed E-state index contributed by atoms with van der Waals surface area (Å²) in [7, 11) is 0. The van der Waals surface area contributed by atoms with Crippen molar-refractivity contribution in [3.63, 3.8) is 0 Å². The van der Waals surface area contributed by atoms with Crippen LogP contribution in [0.15, 0.2) is 22.7 Å². The van der Waals surface area contributed by atoms with Gasteiger partial charge in [0.15, 0.2) is 0 Å². The molecule has 1 unspecified atom stereocenters. The molecule has 0 saturated heterocycles. The van der Waals surface area contributed by atoms with E-state index in [0.29, 0.717) is 22.0 Å². The van der Waals surface area contributed by atoms with Crippen molar-refractivity contribution in [1.29, 1.82) is 0 Å². The Kier molecular flexibility index (Phi) is 4.22. The summed E-state index contributed by atoms with van der Waals surface area (Å²) in [6.07, 6.45) is 0.705. The van der Waals surface area contributed by atoms with Gasteiger partial charge in [-0.2, -0.15) is 4.98 Å². The molecule has 1 atom stereocenters. The average molecular weight is 287 g/mol. The highest BCUT2D eigenvalue weighted by Crippen LogP contribution is 2.33. The van der Waals surface area contributed by atoms with Gasteiger partial charge >= 0.3 is 0 Å². The van der Waals surface area contributed by atoms with E-state index in [2.05, 4.69) is 10.1 Å².